The second-order valence-corrected chi connectivity index (χ2v) is 7.28. The van der Waals surface area contributed by atoms with Gasteiger partial charge in [-0.05, 0) is 60.3 Å². The summed E-state index contributed by atoms with van der Waals surface area (Å²) in [5.41, 5.74) is 3.40. The van der Waals surface area contributed by atoms with E-state index < -0.39 is 0 Å². The molecular formula is C21H19N3O3S. The van der Waals surface area contributed by atoms with Gasteiger partial charge in [-0.1, -0.05) is 11.8 Å². The maximum Gasteiger partial charge on any atom is 0.196 e. The number of thioether (sulfide) groups is 1. The highest BCUT2D eigenvalue weighted by molar-refractivity contribution is 7.99. The fourth-order valence-electron chi connectivity index (χ4n) is 3.09. The van der Waals surface area contributed by atoms with E-state index in [-0.39, 0.29) is 11.5 Å². The fourth-order valence-corrected chi connectivity index (χ4v) is 3.93. The SMILES string of the molecule is COc1ccc(C(=O)CSc2nnc3c(C)cc4ccc(OC)cc4n23)cc1. The topological polar surface area (TPSA) is 65.7 Å². The third-order valence-electron chi connectivity index (χ3n) is 4.58. The van der Waals surface area contributed by atoms with Crippen molar-refractivity contribution >= 4 is 34.1 Å². The van der Waals surface area contributed by atoms with Crippen LogP contribution in [0.5, 0.6) is 11.5 Å². The molecule has 0 spiro atoms. The number of ketones is 1. The van der Waals surface area contributed by atoms with Crippen molar-refractivity contribution in [2.45, 2.75) is 12.1 Å². The molecule has 4 aromatic rings. The molecular weight excluding hydrogens is 374 g/mol. The summed E-state index contributed by atoms with van der Waals surface area (Å²) in [4.78, 5) is 12.6. The summed E-state index contributed by atoms with van der Waals surface area (Å²) in [7, 11) is 3.24. The number of Topliss-reactive ketones (excluding diaryl/α,β-unsaturated/α-hetero) is 1. The molecule has 0 fully saturated rings. The number of rotatable bonds is 6. The van der Waals surface area contributed by atoms with Crippen molar-refractivity contribution in [3.8, 4) is 11.5 Å². The molecule has 2 aromatic heterocycles. The smallest absolute Gasteiger partial charge is 0.196 e. The quantitative estimate of drug-likeness (QED) is 0.362. The standard InChI is InChI=1S/C21H19N3O3S/c1-13-10-15-6-9-17(27-3)11-18(15)24-20(13)22-23-21(24)28-12-19(25)14-4-7-16(26-2)8-5-14/h4-11H,12H2,1-3H3. The van der Waals surface area contributed by atoms with Crippen molar-refractivity contribution in [2.75, 3.05) is 20.0 Å². The third kappa shape index (κ3) is 3.29. The van der Waals surface area contributed by atoms with Gasteiger partial charge in [0.25, 0.3) is 0 Å². The maximum atomic E-state index is 12.6. The zero-order valence-corrected chi connectivity index (χ0v) is 16.6. The van der Waals surface area contributed by atoms with Crippen LogP contribution < -0.4 is 9.47 Å². The van der Waals surface area contributed by atoms with Crippen LogP contribution in [0.3, 0.4) is 0 Å². The maximum absolute atomic E-state index is 12.6. The number of benzene rings is 2. The average molecular weight is 393 g/mol. The monoisotopic (exact) mass is 393 g/mol. The number of aromatic nitrogens is 3. The summed E-state index contributed by atoms with van der Waals surface area (Å²) < 4.78 is 12.5. The Morgan fingerprint density at radius 3 is 2.43 bits per heavy atom. The van der Waals surface area contributed by atoms with Crippen LogP contribution in [0.15, 0.2) is 53.7 Å². The molecule has 0 aliphatic rings. The van der Waals surface area contributed by atoms with E-state index in [1.807, 2.05) is 29.5 Å². The molecule has 0 atom stereocenters. The normalized spacial score (nSPS) is 11.1. The molecule has 0 unspecified atom stereocenters. The van der Waals surface area contributed by atoms with Gasteiger partial charge in [-0.3, -0.25) is 9.20 Å². The van der Waals surface area contributed by atoms with E-state index in [2.05, 4.69) is 16.3 Å². The molecule has 0 amide bonds. The van der Waals surface area contributed by atoms with E-state index >= 15 is 0 Å². The molecule has 0 radical (unpaired) electrons. The van der Waals surface area contributed by atoms with Crippen molar-refractivity contribution in [3.63, 3.8) is 0 Å². The van der Waals surface area contributed by atoms with Gasteiger partial charge in [-0.15, -0.1) is 10.2 Å². The minimum Gasteiger partial charge on any atom is -0.497 e. The number of ether oxygens (including phenoxy) is 2. The van der Waals surface area contributed by atoms with Crippen molar-refractivity contribution < 1.29 is 14.3 Å². The Bertz CT molecular complexity index is 1170. The van der Waals surface area contributed by atoms with Gasteiger partial charge in [0.05, 0.1) is 25.5 Å². The number of pyridine rings is 1. The number of carbonyl (C=O) groups is 1. The van der Waals surface area contributed by atoms with Gasteiger partial charge in [0.1, 0.15) is 11.5 Å². The number of hydrogen-bond acceptors (Lipinski definition) is 6. The Kier molecular flexibility index (Phi) is 4.92. The van der Waals surface area contributed by atoms with E-state index in [9.17, 15) is 4.79 Å². The zero-order chi connectivity index (χ0) is 19.7. The summed E-state index contributed by atoms with van der Waals surface area (Å²) in [6, 6.07) is 15.1. The van der Waals surface area contributed by atoms with Gasteiger partial charge >= 0.3 is 0 Å². The second-order valence-electron chi connectivity index (χ2n) is 6.33. The molecule has 7 heteroatoms. The molecule has 142 valence electrons. The minimum atomic E-state index is 0.0268. The van der Waals surface area contributed by atoms with Crippen molar-refractivity contribution in [3.05, 3.63) is 59.7 Å². The first-order valence-corrected chi connectivity index (χ1v) is 9.72. The van der Waals surface area contributed by atoms with Crippen LogP contribution in [0.2, 0.25) is 0 Å². The first-order valence-electron chi connectivity index (χ1n) is 8.73. The summed E-state index contributed by atoms with van der Waals surface area (Å²) in [6.45, 7) is 2.00. The molecule has 2 heterocycles. The highest BCUT2D eigenvalue weighted by Gasteiger charge is 2.15. The molecule has 0 aliphatic carbocycles. The lowest BCUT2D eigenvalue weighted by molar-refractivity contribution is 0.102. The Hall–Kier alpha value is -3.06. The lowest BCUT2D eigenvalue weighted by Crippen LogP contribution is -2.03. The Morgan fingerprint density at radius 2 is 1.71 bits per heavy atom. The van der Waals surface area contributed by atoms with Crippen LogP contribution in [-0.4, -0.2) is 40.4 Å². The fraction of sp³-hybridized carbons (Fsp3) is 0.190. The van der Waals surface area contributed by atoms with E-state index in [0.29, 0.717) is 10.7 Å². The summed E-state index contributed by atoms with van der Waals surface area (Å²) in [5.74, 6) is 1.78. The number of hydrogen-bond donors (Lipinski definition) is 0. The first kappa shape index (κ1) is 18.3. The van der Waals surface area contributed by atoms with Crippen molar-refractivity contribution in [1.82, 2.24) is 14.6 Å². The van der Waals surface area contributed by atoms with Crippen LogP contribution in [0.1, 0.15) is 15.9 Å². The highest BCUT2D eigenvalue weighted by atomic mass is 32.2. The Balaban J connectivity index is 1.67. The molecule has 0 saturated heterocycles. The van der Waals surface area contributed by atoms with Gasteiger partial charge in [0.15, 0.2) is 16.6 Å². The molecule has 0 N–H and O–H groups in total. The second kappa shape index (κ2) is 7.52. The largest absolute Gasteiger partial charge is 0.497 e. The number of aryl methyl sites for hydroxylation is 1. The molecule has 4 rings (SSSR count). The van der Waals surface area contributed by atoms with Crippen LogP contribution in [-0.2, 0) is 0 Å². The Labute approximate surface area is 166 Å². The number of nitrogens with zero attached hydrogens (tertiary/aromatic N) is 3. The van der Waals surface area contributed by atoms with E-state index in [1.165, 1.54) is 11.8 Å². The predicted molar refractivity (Wildman–Crippen MR) is 110 cm³/mol. The third-order valence-corrected chi connectivity index (χ3v) is 5.51. The van der Waals surface area contributed by atoms with Crippen LogP contribution >= 0.6 is 11.8 Å². The van der Waals surface area contributed by atoms with Gasteiger partial charge in [-0.2, -0.15) is 0 Å². The van der Waals surface area contributed by atoms with Crippen LogP contribution in [0.4, 0.5) is 0 Å². The predicted octanol–water partition coefficient (Wildman–Crippen LogP) is 4.18. The van der Waals surface area contributed by atoms with Crippen molar-refractivity contribution in [1.29, 1.82) is 0 Å². The molecule has 0 bridgehead atoms. The van der Waals surface area contributed by atoms with Gasteiger partial charge in [-0.25, -0.2) is 0 Å². The first-order chi connectivity index (χ1) is 13.6. The number of methoxy groups -OCH3 is 2. The van der Waals surface area contributed by atoms with Crippen LogP contribution in [0, 0.1) is 6.92 Å². The highest BCUT2D eigenvalue weighted by Crippen LogP contribution is 2.28. The lowest BCUT2D eigenvalue weighted by atomic mass is 10.1. The van der Waals surface area contributed by atoms with E-state index in [0.717, 1.165) is 33.6 Å². The van der Waals surface area contributed by atoms with E-state index in [1.54, 1.807) is 38.5 Å². The number of fused-ring (bicyclic) bond motifs is 3. The molecule has 0 saturated carbocycles. The lowest BCUT2D eigenvalue weighted by Gasteiger charge is -2.08. The number of carbonyl (C=O) groups excluding carboxylic acids is 1. The van der Waals surface area contributed by atoms with Gasteiger partial charge < -0.3 is 9.47 Å². The van der Waals surface area contributed by atoms with Gasteiger partial charge in [0.2, 0.25) is 0 Å². The van der Waals surface area contributed by atoms with Crippen LogP contribution in [0.25, 0.3) is 16.6 Å². The summed E-state index contributed by atoms with van der Waals surface area (Å²) >= 11 is 1.37. The minimum absolute atomic E-state index is 0.0268. The van der Waals surface area contributed by atoms with Gasteiger partial charge in [0, 0.05) is 11.6 Å². The summed E-state index contributed by atoms with van der Waals surface area (Å²) in [6.07, 6.45) is 0. The van der Waals surface area contributed by atoms with Crippen molar-refractivity contribution in [2.24, 2.45) is 0 Å². The molecule has 28 heavy (non-hydrogen) atoms. The summed E-state index contributed by atoms with van der Waals surface area (Å²) in [5, 5.41) is 10.4. The zero-order valence-electron chi connectivity index (χ0n) is 15.8. The molecule has 6 nitrogen and oxygen atoms in total. The van der Waals surface area contributed by atoms with E-state index in [4.69, 9.17) is 9.47 Å². The average Bonchev–Trinajstić information content (AvgIpc) is 3.17. The molecule has 0 aliphatic heterocycles. The molecule has 2 aromatic carbocycles. The Morgan fingerprint density at radius 1 is 1.00 bits per heavy atom.